The van der Waals surface area contributed by atoms with Gasteiger partial charge in [-0.25, -0.2) is 0 Å². The number of hydrogen-bond donors (Lipinski definition) is 3. The number of Topliss-reactive ketones (excluding diaryl/α,β-unsaturated/α-hetero) is 1. The first-order valence-corrected chi connectivity index (χ1v) is 10.2. The van der Waals surface area contributed by atoms with E-state index in [-0.39, 0.29) is 30.5 Å². The summed E-state index contributed by atoms with van der Waals surface area (Å²) >= 11 is 5.66. The Balaban J connectivity index is 2.44. The highest BCUT2D eigenvalue weighted by molar-refractivity contribution is 6.17. The third kappa shape index (κ3) is 8.65. The smallest absolute Gasteiger partial charge is 0.303 e. The highest BCUT2D eigenvalue weighted by atomic mass is 35.5. The zero-order valence-electron chi connectivity index (χ0n) is 15.7. The molecule has 0 radical (unpaired) electrons. The van der Waals surface area contributed by atoms with Crippen LogP contribution < -0.4 is 0 Å². The molecule has 0 saturated heterocycles. The highest BCUT2D eigenvalue weighted by Gasteiger charge is 2.39. The van der Waals surface area contributed by atoms with E-state index in [1.54, 1.807) is 6.92 Å². The summed E-state index contributed by atoms with van der Waals surface area (Å²) in [5.74, 6) is -0.556. The molecular weight excluding hydrogens is 356 g/mol. The van der Waals surface area contributed by atoms with E-state index in [0.717, 1.165) is 32.1 Å². The third-order valence-electron chi connectivity index (χ3n) is 5.17. The summed E-state index contributed by atoms with van der Waals surface area (Å²) in [6, 6.07) is 0. The number of unbranched alkanes of at least 4 members (excludes halogenated alkanes) is 3. The van der Waals surface area contributed by atoms with Crippen LogP contribution in [0.2, 0.25) is 0 Å². The summed E-state index contributed by atoms with van der Waals surface area (Å²) in [5, 5.41) is 29.1. The van der Waals surface area contributed by atoms with Crippen molar-refractivity contribution in [3.05, 3.63) is 12.2 Å². The monoisotopic (exact) mass is 388 g/mol. The van der Waals surface area contributed by atoms with Gasteiger partial charge in [0.1, 0.15) is 5.78 Å². The third-order valence-corrected chi connectivity index (χ3v) is 5.43. The maximum absolute atomic E-state index is 12.2. The molecule has 1 saturated carbocycles. The molecule has 0 heterocycles. The van der Waals surface area contributed by atoms with Crippen molar-refractivity contribution in [3.8, 4) is 0 Å². The van der Waals surface area contributed by atoms with Crippen molar-refractivity contribution in [3.63, 3.8) is 0 Å². The fraction of sp³-hybridized carbons (Fsp3) is 0.800. The fourth-order valence-corrected chi connectivity index (χ4v) is 3.76. The maximum Gasteiger partial charge on any atom is 0.303 e. The molecule has 3 N–H and O–H groups in total. The Hall–Kier alpha value is -0.910. The lowest BCUT2D eigenvalue weighted by Gasteiger charge is -2.22. The quantitative estimate of drug-likeness (QED) is 0.254. The second-order valence-corrected chi connectivity index (χ2v) is 8.07. The normalized spacial score (nSPS) is 25.7. The summed E-state index contributed by atoms with van der Waals surface area (Å²) in [7, 11) is 0. The van der Waals surface area contributed by atoms with Crippen LogP contribution in [0.1, 0.15) is 71.1 Å². The van der Waals surface area contributed by atoms with Gasteiger partial charge in [-0.05, 0) is 44.9 Å². The molecule has 0 aromatic heterocycles. The lowest BCUT2D eigenvalue weighted by molar-refractivity contribution is -0.137. The van der Waals surface area contributed by atoms with E-state index in [1.165, 1.54) is 0 Å². The molecule has 6 heteroatoms. The minimum atomic E-state index is -0.828. The largest absolute Gasteiger partial charge is 0.481 e. The number of aliphatic carboxylic acids is 1. The predicted molar refractivity (Wildman–Crippen MR) is 102 cm³/mol. The molecule has 4 atom stereocenters. The van der Waals surface area contributed by atoms with Crippen molar-refractivity contribution >= 4 is 23.4 Å². The second-order valence-electron chi connectivity index (χ2n) is 7.70. The molecule has 5 nitrogen and oxygen atoms in total. The van der Waals surface area contributed by atoms with Crippen LogP contribution in [0.15, 0.2) is 12.2 Å². The molecule has 1 aliphatic rings. The van der Waals surface area contributed by atoms with Crippen molar-refractivity contribution in [1.82, 2.24) is 0 Å². The van der Waals surface area contributed by atoms with E-state index in [2.05, 4.69) is 0 Å². The van der Waals surface area contributed by atoms with Crippen LogP contribution >= 0.6 is 11.6 Å². The number of alkyl halides is 1. The molecular formula is C20H33ClO5. The number of hydrogen-bond acceptors (Lipinski definition) is 4. The number of halogens is 1. The molecule has 0 amide bonds. The number of rotatable bonds is 13. The topological polar surface area (TPSA) is 94.8 Å². The number of aliphatic hydroxyl groups excluding tert-OH is 1. The van der Waals surface area contributed by atoms with Gasteiger partial charge in [-0.3, -0.25) is 9.59 Å². The predicted octanol–water partition coefficient (Wildman–Crippen LogP) is 3.69. The average molecular weight is 389 g/mol. The number of carboxylic acid groups (broad SMARTS) is 1. The summed E-state index contributed by atoms with van der Waals surface area (Å²) < 4.78 is 0. The van der Waals surface area contributed by atoms with E-state index in [1.807, 2.05) is 12.2 Å². The van der Waals surface area contributed by atoms with Gasteiger partial charge in [-0.1, -0.05) is 31.4 Å². The molecule has 0 spiro atoms. The molecule has 1 rings (SSSR count). The summed E-state index contributed by atoms with van der Waals surface area (Å²) in [6.07, 6.45) is 9.39. The average Bonchev–Trinajstić information content (AvgIpc) is 2.82. The van der Waals surface area contributed by atoms with Crippen LogP contribution in [-0.2, 0) is 9.59 Å². The van der Waals surface area contributed by atoms with Crippen LogP contribution in [0.25, 0.3) is 0 Å². The zero-order chi connectivity index (χ0) is 19.6. The Morgan fingerprint density at radius 1 is 1.27 bits per heavy atom. The number of carboxylic acids is 1. The fourth-order valence-electron chi connectivity index (χ4n) is 3.62. The maximum atomic E-state index is 12.2. The first-order chi connectivity index (χ1) is 12.3. The Bertz CT molecular complexity index is 475. The molecule has 1 fully saturated rings. The summed E-state index contributed by atoms with van der Waals surface area (Å²) in [4.78, 5) is 22.7. The van der Waals surface area contributed by atoms with Crippen LogP contribution in [0, 0.1) is 11.8 Å². The van der Waals surface area contributed by atoms with Crippen LogP contribution in [0.4, 0.5) is 0 Å². The van der Waals surface area contributed by atoms with Crippen LogP contribution in [0.5, 0.6) is 0 Å². The first kappa shape index (κ1) is 23.1. The van der Waals surface area contributed by atoms with Crippen molar-refractivity contribution in [2.45, 2.75) is 82.8 Å². The van der Waals surface area contributed by atoms with E-state index < -0.39 is 17.7 Å². The van der Waals surface area contributed by atoms with Gasteiger partial charge in [0.15, 0.2) is 0 Å². The molecule has 0 bridgehead atoms. The number of carbonyl (C=O) groups is 2. The zero-order valence-corrected chi connectivity index (χ0v) is 16.5. The van der Waals surface area contributed by atoms with Crippen molar-refractivity contribution in [2.75, 3.05) is 5.88 Å². The van der Waals surface area contributed by atoms with E-state index >= 15 is 0 Å². The van der Waals surface area contributed by atoms with Gasteiger partial charge in [0, 0.05) is 24.6 Å². The van der Waals surface area contributed by atoms with Crippen molar-refractivity contribution in [1.29, 1.82) is 0 Å². The Kier molecular flexibility index (Phi) is 10.4. The lowest BCUT2D eigenvalue weighted by Crippen LogP contribution is -2.23. The molecule has 0 aliphatic heterocycles. The van der Waals surface area contributed by atoms with Gasteiger partial charge in [0.05, 0.1) is 11.7 Å². The Morgan fingerprint density at radius 3 is 2.62 bits per heavy atom. The SMILES string of the molecule is CC(O)(CC=C[C@H]1C(=O)C[C@H](O)[C@@H]1CCCCCCC(=O)O)CCCCl. The number of carbonyl (C=O) groups excluding carboxylic acids is 1. The van der Waals surface area contributed by atoms with E-state index in [4.69, 9.17) is 16.7 Å². The number of allylic oxidation sites excluding steroid dienone is 1. The number of aliphatic hydroxyl groups is 2. The van der Waals surface area contributed by atoms with Crippen molar-refractivity contribution in [2.24, 2.45) is 11.8 Å². The van der Waals surface area contributed by atoms with Crippen LogP contribution in [0.3, 0.4) is 0 Å². The summed E-state index contributed by atoms with van der Waals surface area (Å²) in [5.41, 5.74) is -0.828. The molecule has 150 valence electrons. The first-order valence-electron chi connectivity index (χ1n) is 9.64. The van der Waals surface area contributed by atoms with Crippen molar-refractivity contribution < 1.29 is 24.9 Å². The molecule has 26 heavy (non-hydrogen) atoms. The van der Waals surface area contributed by atoms with Gasteiger partial charge in [-0.2, -0.15) is 0 Å². The minimum absolute atomic E-state index is 0.0602. The highest BCUT2D eigenvalue weighted by Crippen LogP contribution is 2.35. The Labute approximate surface area is 161 Å². The number of ketones is 1. The second kappa shape index (κ2) is 11.7. The Morgan fingerprint density at radius 2 is 1.96 bits per heavy atom. The minimum Gasteiger partial charge on any atom is -0.481 e. The summed E-state index contributed by atoms with van der Waals surface area (Å²) in [6.45, 7) is 1.77. The molecule has 1 unspecified atom stereocenters. The molecule has 0 aromatic carbocycles. The van der Waals surface area contributed by atoms with E-state index in [9.17, 15) is 19.8 Å². The molecule has 1 aliphatic carbocycles. The van der Waals surface area contributed by atoms with Gasteiger partial charge in [-0.15, -0.1) is 11.6 Å². The lowest BCUT2D eigenvalue weighted by atomic mass is 9.87. The van der Waals surface area contributed by atoms with Crippen LogP contribution in [-0.4, -0.2) is 44.7 Å². The van der Waals surface area contributed by atoms with E-state index in [0.29, 0.717) is 25.1 Å². The molecule has 0 aromatic rings. The van der Waals surface area contributed by atoms with Gasteiger partial charge in [0.2, 0.25) is 0 Å². The van der Waals surface area contributed by atoms with Gasteiger partial charge >= 0.3 is 5.97 Å². The van der Waals surface area contributed by atoms with Gasteiger partial charge in [0.25, 0.3) is 0 Å². The standard InChI is InChI=1S/C20H33ClO5/c1-20(26,12-7-13-21)11-6-9-16-15(17(22)14-18(16)23)8-4-2-3-5-10-19(24)25/h6,9,15-17,22,26H,2-5,7-8,10-14H2,1H3,(H,24,25)/t15-,16-,17+,20?/m1/s1. The van der Waals surface area contributed by atoms with Gasteiger partial charge < -0.3 is 15.3 Å².